The fourth-order valence-corrected chi connectivity index (χ4v) is 1.37. The van der Waals surface area contributed by atoms with Gasteiger partial charge in [-0.05, 0) is 26.7 Å². The molecule has 100 valence electrons. The SMILES string of the molecule is COC(=O)[C@H](C)O.C[C@H](O)C(=O)N1CCCC1. The molecule has 2 N–H and O–H groups in total. The number of likely N-dealkylation sites (tertiary alicyclic amines) is 1. The van der Waals surface area contributed by atoms with Crippen LogP contribution in [0.1, 0.15) is 26.7 Å². The van der Waals surface area contributed by atoms with E-state index in [2.05, 4.69) is 4.74 Å². The highest BCUT2D eigenvalue weighted by atomic mass is 16.5. The van der Waals surface area contributed by atoms with E-state index in [0.717, 1.165) is 25.9 Å². The van der Waals surface area contributed by atoms with Crippen molar-refractivity contribution in [3.63, 3.8) is 0 Å². The molecule has 1 aliphatic heterocycles. The lowest BCUT2D eigenvalue weighted by Crippen LogP contribution is -2.35. The molecule has 0 radical (unpaired) electrons. The Labute approximate surface area is 101 Å². The first-order chi connectivity index (χ1) is 7.90. The molecular formula is C11H21NO5. The summed E-state index contributed by atoms with van der Waals surface area (Å²) < 4.78 is 4.12. The smallest absolute Gasteiger partial charge is 0.334 e. The van der Waals surface area contributed by atoms with E-state index in [0.29, 0.717) is 0 Å². The largest absolute Gasteiger partial charge is 0.467 e. The maximum Gasteiger partial charge on any atom is 0.334 e. The highest BCUT2D eigenvalue weighted by molar-refractivity contribution is 5.80. The van der Waals surface area contributed by atoms with Crippen LogP contribution in [0.5, 0.6) is 0 Å². The minimum absolute atomic E-state index is 0.127. The summed E-state index contributed by atoms with van der Waals surface area (Å²) in [4.78, 5) is 22.8. The van der Waals surface area contributed by atoms with Crippen LogP contribution in [0.15, 0.2) is 0 Å². The van der Waals surface area contributed by atoms with Crippen molar-refractivity contribution in [2.75, 3.05) is 20.2 Å². The maximum absolute atomic E-state index is 11.0. The Morgan fingerprint density at radius 3 is 1.82 bits per heavy atom. The van der Waals surface area contributed by atoms with Crippen LogP contribution < -0.4 is 0 Å². The molecule has 0 spiro atoms. The summed E-state index contributed by atoms with van der Waals surface area (Å²) in [5.41, 5.74) is 0. The zero-order valence-corrected chi connectivity index (χ0v) is 10.5. The van der Waals surface area contributed by atoms with Gasteiger partial charge in [0.1, 0.15) is 12.2 Å². The summed E-state index contributed by atoms with van der Waals surface area (Å²) in [5, 5.41) is 17.2. The molecule has 0 aromatic carbocycles. The lowest BCUT2D eigenvalue weighted by Gasteiger charge is -2.16. The number of ether oxygens (including phenoxy) is 1. The van der Waals surface area contributed by atoms with Crippen LogP contribution in [0.4, 0.5) is 0 Å². The molecule has 0 aromatic heterocycles. The number of rotatable bonds is 2. The van der Waals surface area contributed by atoms with Gasteiger partial charge < -0.3 is 19.8 Å². The van der Waals surface area contributed by atoms with Gasteiger partial charge in [-0.25, -0.2) is 4.79 Å². The number of methoxy groups -OCH3 is 1. The summed E-state index contributed by atoms with van der Waals surface area (Å²) >= 11 is 0. The third kappa shape index (κ3) is 6.23. The number of carbonyl (C=O) groups is 2. The number of carbonyl (C=O) groups excluding carboxylic acids is 2. The van der Waals surface area contributed by atoms with Crippen LogP contribution in [0.25, 0.3) is 0 Å². The van der Waals surface area contributed by atoms with Crippen LogP contribution in [-0.2, 0) is 14.3 Å². The molecule has 1 fully saturated rings. The number of aliphatic hydroxyl groups excluding tert-OH is 2. The van der Waals surface area contributed by atoms with Crippen LogP contribution in [0.3, 0.4) is 0 Å². The van der Waals surface area contributed by atoms with E-state index >= 15 is 0 Å². The van der Waals surface area contributed by atoms with Gasteiger partial charge in [0.2, 0.25) is 0 Å². The standard InChI is InChI=1S/C7H13NO2.C4H8O3/c1-6(9)7(10)8-4-2-3-5-8;1-3(5)4(6)7-2/h6,9H,2-5H2,1H3;3,5H,1-2H3/t6-;3-/m00/s1. The molecule has 0 bridgehead atoms. The van der Waals surface area contributed by atoms with Crippen molar-refractivity contribution in [1.82, 2.24) is 4.90 Å². The van der Waals surface area contributed by atoms with Gasteiger partial charge in [-0.2, -0.15) is 0 Å². The summed E-state index contributed by atoms with van der Waals surface area (Å²) in [6.07, 6.45) is 0.347. The summed E-state index contributed by atoms with van der Waals surface area (Å²) in [5.74, 6) is -0.725. The van der Waals surface area contributed by atoms with Gasteiger partial charge >= 0.3 is 5.97 Å². The van der Waals surface area contributed by atoms with E-state index in [4.69, 9.17) is 10.2 Å². The second kappa shape index (κ2) is 8.03. The molecule has 17 heavy (non-hydrogen) atoms. The first-order valence-corrected chi connectivity index (χ1v) is 5.63. The Hall–Kier alpha value is -1.14. The Morgan fingerprint density at radius 1 is 1.12 bits per heavy atom. The van der Waals surface area contributed by atoms with Crippen molar-refractivity contribution in [3.05, 3.63) is 0 Å². The fraction of sp³-hybridized carbons (Fsp3) is 0.818. The van der Waals surface area contributed by atoms with Crippen molar-refractivity contribution in [1.29, 1.82) is 0 Å². The Kier molecular flexibility index (Phi) is 7.49. The number of hydrogen-bond donors (Lipinski definition) is 2. The first-order valence-electron chi connectivity index (χ1n) is 5.63. The van der Waals surface area contributed by atoms with Gasteiger partial charge in [0.05, 0.1) is 7.11 Å². The summed E-state index contributed by atoms with van der Waals surface area (Å²) in [6, 6.07) is 0. The molecule has 1 aliphatic rings. The van der Waals surface area contributed by atoms with E-state index < -0.39 is 18.2 Å². The zero-order chi connectivity index (χ0) is 13.4. The number of hydrogen-bond acceptors (Lipinski definition) is 5. The molecule has 1 saturated heterocycles. The first kappa shape index (κ1) is 15.9. The third-order valence-corrected chi connectivity index (χ3v) is 2.32. The van der Waals surface area contributed by atoms with Crippen LogP contribution in [0.2, 0.25) is 0 Å². The number of aliphatic hydroxyl groups is 2. The lowest BCUT2D eigenvalue weighted by atomic mass is 10.3. The molecule has 1 heterocycles. The molecule has 2 atom stereocenters. The van der Waals surface area contributed by atoms with Gasteiger partial charge in [0.15, 0.2) is 0 Å². The van der Waals surface area contributed by atoms with Gasteiger partial charge in [-0.1, -0.05) is 0 Å². The molecule has 1 amide bonds. The number of esters is 1. The Morgan fingerprint density at radius 2 is 1.59 bits per heavy atom. The van der Waals surface area contributed by atoms with Gasteiger partial charge in [-0.3, -0.25) is 4.79 Å². The highest BCUT2D eigenvalue weighted by Gasteiger charge is 2.20. The van der Waals surface area contributed by atoms with Crippen LogP contribution in [-0.4, -0.2) is 59.4 Å². The van der Waals surface area contributed by atoms with Crippen molar-refractivity contribution < 1.29 is 24.5 Å². The molecule has 0 aromatic rings. The average molecular weight is 247 g/mol. The van der Waals surface area contributed by atoms with Crippen molar-refractivity contribution in [3.8, 4) is 0 Å². The Bertz CT molecular complexity index is 246. The zero-order valence-electron chi connectivity index (χ0n) is 10.5. The monoisotopic (exact) mass is 247 g/mol. The van der Waals surface area contributed by atoms with E-state index in [1.165, 1.54) is 21.0 Å². The Balaban J connectivity index is 0.000000325. The van der Waals surface area contributed by atoms with E-state index in [-0.39, 0.29) is 5.91 Å². The van der Waals surface area contributed by atoms with E-state index in [1.54, 1.807) is 4.90 Å². The average Bonchev–Trinajstić information content (AvgIpc) is 2.80. The summed E-state index contributed by atoms with van der Waals surface area (Å²) in [6.45, 7) is 4.51. The second-order valence-electron chi connectivity index (χ2n) is 3.91. The van der Waals surface area contributed by atoms with Gasteiger partial charge in [0, 0.05) is 13.1 Å². The number of amides is 1. The third-order valence-electron chi connectivity index (χ3n) is 2.32. The molecule has 0 saturated carbocycles. The van der Waals surface area contributed by atoms with Gasteiger partial charge in [-0.15, -0.1) is 0 Å². The fourth-order valence-electron chi connectivity index (χ4n) is 1.37. The topological polar surface area (TPSA) is 87.1 Å². The van der Waals surface area contributed by atoms with Crippen molar-refractivity contribution >= 4 is 11.9 Å². The maximum atomic E-state index is 11.0. The van der Waals surface area contributed by atoms with Crippen LogP contribution >= 0.6 is 0 Å². The normalized spacial score (nSPS) is 17.8. The second-order valence-corrected chi connectivity index (χ2v) is 3.91. The number of nitrogens with zero attached hydrogens (tertiary/aromatic N) is 1. The van der Waals surface area contributed by atoms with Crippen LogP contribution in [0, 0.1) is 0 Å². The van der Waals surface area contributed by atoms with E-state index in [1.807, 2.05) is 0 Å². The highest BCUT2D eigenvalue weighted by Crippen LogP contribution is 2.08. The van der Waals surface area contributed by atoms with Gasteiger partial charge in [0.25, 0.3) is 5.91 Å². The molecular weight excluding hydrogens is 226 g/mol. The molecule has 6 nitrogen and oxygen atoms in total. The molecule has 0 unspecified atom stereocenters. The molecule has 6 heteroatoms. The summed E-state index contributed by atoms with van der Waals surface area (Å²) in [7, 11) is 1.23. The minimum atomic E-state index is -0.995. The molecule has 0 aliphatic carbocycles. The van der Waals surface area contributed by atoms with Crippen molar-refractivity contribution in [2.45, 2.75) is 38.9 Å². The quantitative estimate of drug-likeness (QED) is 0.644. The lowest BCUT2D eigenvalue weighted by molar-refractivity contribution is -0.149. The minimum Gasteiger partial charge on any atom is -0.467 e. The predicted molar refractivity (Wildman–Crippen MR) is 61.2 cm³/mol. The molecule has 1 rings (SSSR count). The predicted octanol–water partition coefficient (Wildman–Crippen LogP) is -0.470. The van der Waals surface area contributed by atoms with Crippen molar-refractivity contribution in [2.24, 2.45) is 0 Å². The van der Waals surface area contributed by atoms with E-state index in [9.17, 15) is 9.59 Å².